The van der Waals surface area contributed by atoms with Crippen LogP contribution < -0.4 is 10.2 Å². The van der Waals surface area contributed by atoms with Gasteiger partial charge < -0.3 is 19.5 Å². The van der Waals surface area contributed by atoms with Crippen LogP contribution in [-0.2, 0) is 0 Å². The number of nitrogens with zero attached hydrogens (tertiary/aromatic N) is 6. The molecular formula is C20H22N8. The van der Waals surface area contributed by atoms with Crippen LogP contribution in [0.3, 0.4) is 0 Å². The van der Waals surface area contributed by atoms with Crippen molar-refractivity contribution >= 4 is 23.0 Å². The van der Waals surface area contributed by atoms with E-state index < -0.39 is 0 Å². The first-order chi connectivity index (χ1) is 13.7. The lowest BCUT2D eigenvalue weighted by Crippen LogP contribution is -2.44. The Bertz CT molecular complexity index is 1080. The summed E-state index contributed by atoms with van der Waals surface area (Å²) in [6, 6.07) is 8.20. The van der Waals surface area contributed by atoms with Gasteiger partial charge in [0.05, 0.1) is 12.4 Å². The van der Waals surface area contributed by atoms with Crippen LogP contribution in [0.25, 0.3) is 16.8 Å². The summed E-state index contributed by atoms with van der Waals surface area (Å²) in [4.78, 5) is 13.9. The highest BCUT2D eigenvalue weighted by atomic mass is 15.2. The topological polar surface area (TPSA) is 77.4 Å². The third-order valence-corrected chi connectivity index (χ3v) is 5.15. The Labute approximate surface area is 162 Å². The van der Waals surface area contributed by atoms with E-state index in [-0.39, 0.29) is 0 Å². The molecule has 0 bridgehead atoms. The molecule has 0 saturated carbocycles. The van der Waals surface area contributed by atoms with E-state index in [1.54, 1.807) is 0 Å². The van der Waals surface area contributed by atoms with Gasteiger partial charge in [-0.3, -0.25) is 5.10 Å². The molecule has 5 rings (SSSR count). The van der Waals surface area contributed by atoms with E-state index >= 15 is 0 Å². The molecule has 0 unspecified atom stereocenters. The Hall–Kier alpha value is -3.39. The number of rotatable bonds is 4. The molecule has 142 valence electrons. The molecule has 0 radical (unpaired) electrons. The molecule has 0 aromatic carbocycles. The zero-order chi connectivity index (χ0) is 18.9. The van der Waals surface area contributed by atoms with E-state index in [1.165, 1.54) is 5.69 Å². The molecule has 4 aromatic rings. The van der Waals surface area contributed by atoms with Crippen molar-refractivity contribution < 1.29 is 0 Å². The fraction of sp³-hybridized carbons (Fsp3) is 0.250. The van der Waals surface area contributed by atoms with Gasteiger partial charge in [-0.2, -0.15) is 5.10 Å². The number of hydrogen-bond donors (Lipinski definition) is 2. The monoisotopic (exact) mass is 374 g/mol. The quantitative estimate of drug-likeness (QED) is 0.572. The van der Waals surface area contributed by atoms with E-state index in [1.807, 2.05) is 47.5 Å². The van der Waals surface area contributed by atoms with Crippen molar-refractivity contribution in [3.8, 4) is 11.1 Å². The van der Waals surface area contributed by atoms with E-state index in [0.717, 1.165) is 54.6 Å². The number of piperazine rings is 1. The molecule has 5 heterocycles. The zero-order valence-corrected chi connectivity index (χ0v) is 15.7. The highest BCUT2D eigenvalue weighted by Crippen LogP contribution is 2.23. The normalized spacial score (nSPS) is 15.2. The number of fused-ring (bicyclic) bond motifs is 1. The molecule has 8 nitrogen and oxygen atoms in total. The number of aromatic amines is 1. The SMILES string of the molecule is CN1CCN(c2ccnc(Nc3cn4cc(-c5cn[nH]c5)ccc4n3)c2)CC1. The molecule has 0 spiro atoms. The Kier molecular flexibility index (Phi) is 4.17. The summed E-state index contributed by atoms with van der Waals surface area (Å²) >= 11 is 0. The van der Waals surface area contributed by atoms with Crippen LogP contribution in [0.5, 0.6) is 0 Å². The second-order valence-corrected chi connectivity index (χ2v) is 7.11. The fourth-order valence-electron chi connectivity index (χ4n) is 3.51. The third-order valence-electron chi connectivity index (χ3n) is 5.15. The average molecular weight is 374 g/mol. The summed E-state index contributed by atoms with van der Waals surface area (Å²) in [5.41, 5.74) is 4.20. The summed E-state index contributed by atoms with van der Waals surface area (Å²) in [6.45, 7) is 4.23. The van der Waals surface area contributed by atoms with E-state index in [4.69, 9.17) is 0 Å². The van der Waals surface area contributed by atoms with E-state index in [2.05, 4.69) is 54.5 Å². The first-order valence-electron chi connectivity index (χ1n) is 9.39. The minimum Gasteiger partial charge on any atom is -0.369 e. The van der Waals surface area contributed by atoms with Gasteiger partial charge in [0, 0.05) is 67.7 Å². The number of anilines is 3. The van der Waals surface area contributed by atoms with Crippen molar-refractivity contribution in [2.24, 2.45) is 0 Å². The Morgan fingerprint density at radius 2 is 1.89 bits per heavy atom. The molecule has 0 atom stereocenters. The molecule has 0 aliphatic carbocycles. The molecule has 2 N–H and O–H groups in total. The van der Waals surface area contributed by atoms with Gasteiger partial charge >= 0.3 is 0 Å². The smallest absolute Gasteiger partial charge is 0.150 e. The second kappa shape index (κ2) is 6.97. The van der Waals surface area contributed by atoms with Crippen LogP contribution >= 0.6 is 0 Å². The fourth-order valence-corrected chi connectivity index (χ4v) is 3.51. The van der Waals surface area contributed by atoms with Crippen LogP contribution in [0.2, 0.25) is 0 Å². The molecule has 1 aliphatic heterocycles. The van der Waals surface area contributed by atoms with Gasteiger partial charge in [-0.25, -0.2) is 9.97 Å². The summed E-state index contributed by atoms with van der Waals surface area (Å²) in [5.74, 6) is 1.57. The van der Waals surface area contributed by atoms with Crippen LogP contribution in [-0.4, -0.2) is 62.7 Å². The van der Waals surface area contributed by atoms with Gasteiger partial charge in [-0.15, -0.1) is 0 Å². The standard InChI is InChI=1S/C20H22N8/c1-26-6-8-27(9-7-26)17-4-5-21-18(10-17)24-19-14-28-13-15(2-3-20(28)25-19)16-11-22-23-12-16/h2-5,10-14H,6-9H2,1H3,(H,21,24)(H,22,23). The predicted molar refractivity (Wildman–Crippen MR) is 110 cm³/mol. The van der Waals surface area contributed by atoms with Crippen molar-refractivity contribution in [1.82, 2.24) is 29.5 Å². The number of pyridine rings is 2. The first kappa shape index (κ1) is 16.8. The molecule has 8 heteroatoms. The number of aromatic nitrogens is 5. The van der Waals surface area contributed by atoms with Crippen molar-refractivity contribution in [2.75, 3.05) is 43.4 Å². The van der Waals surface area contributed by atoms with Gasteiger partial charge in [-0.05, 0) is 25.2 Å². The van der Waals surface area contributed by atoms with Crippen molar-refractivity contribution in [3.05, 3.63) is 55.2 Å². The van der Waals surface area contributed by atoms with Gasteiger partial charge in [0.25, 0.3) is 0 Å². The molecular weight excluding hydrogens is 352 g/mol. The highest BCUT2D eigenvalue weighted by Gasteiger charge is 2.15. The molecule has 0 amide bonds. The van der Waals surface area contributed by atoms with Gasteiger partial charge in [0.2, 0.25) is 0 Å². The Morgan fingerprint density at radius 3 is 2.71 bits per heavy atom. The van der Waals surface area contributed by atoms with Crippen LogP contribution in [0.15, 0.2) is 55.2 Å². The lowest BCUT2D eigenvalue weighted by molar-refractivity contribution is 0.313. The van der Waals surface area contributed by atoms with Crippen molar-refractivity contribution in [3.63, 3.8) is 0 Å². The largest absolute Gasteiger partial charge is 0.369 e. The Balaban J connectivity index is 1.37. The third kappa shape index (κ3) is 3.29. The van der Waals surface area contributed by atoms with Gasteiger partial charge in [0.15, 0.2) is 5.82 Å². The summed E-state index contributed by atoms with van der Waals surface area (Å²) in [6.07, 6.45) is 9.56. The number of imidazole rings is 1. The number of H-pyrrole nitrogens is 1. The van der Waals surface area contributed by atoms with Gasteiger partial charge in [-0.1, -0.05) is 0 Å². The minimum atomic E-state index is 0.771. The average Bonchev–Trinajstić information content (AvgIpc) is 3.37. The molecule has 1 aliphatic rings. The minimum absolute atomic E-state index is 0.771. The van der Waals surface area contributed by atoms with Crippen molar-refractivity contribution in [1.29, 1.82) is 0 Å². The van der Waals surface area contributed by atoms with E-state index in [0.29, 0.717) is 0 Å². The number of nitrogens with one attached hydrogen (secondary N) is 2. The molecule has 4 aromatic heterocycles. The Morgan fingerprint density at radius 1 is 1.00 bits per heavy atom. The highest BCUT2D eigenvalue weighted by molar-refractivity contribution is 5.66. The molecule has 1 saturated heterocycles. The van der Waals surface area contributed by atoms with Crippen LogP contribution in [0.4, 0.5) is 17.3 Å². The summed E-state index contributed by atoms with van der Waals surface area (Å²) < 4.78 is 2.01. The maximum absolute atomic E-state index is 4.65. The molecule has 1 fully saturated rings. The van der Waals surface area contributed by atoms with Crippen LogP contribution in [0.1, 0.15) is 0 Å². The number of likely N-dealkylation sites (N-methyl/N-ethyl adjacent to an activating group) is 1. The summed E-state index contributed by atoms with van der Waals surface area (Å²) in [5, 5.41) is 10.2. The molecule has 28 heavy (non-hydrogen) atoms. The first-order valence-corrected chi connectivity index (χ1v) is 9.39. The second-order valence-electron chi connectivity index (χ2n) is 7.11. The van der Waals surface area contributed by atoms with Crippen LogP contribution in [0, 0.1) is 0 Å². The van der Waals surface area contributed by atoms with Gasteiger partial charge in [0.1, 0.15) is 11.5 Å². The number of hydrogen-bond acceptors (Lipinski definition) is 6. The van der Waals surface area contributed by atoms with E-state index in [9.17, 15) is 0 Å². The maximum Gasteiger partial charge on any atom is 0.150 e. The zero-order valence-electron chi connectivity index (χ0n) is 15.7. The predicted octanol–water partition coefficient (Wildman–Crippen LogP) is 2.61. The summed E-state index contributed by atoms with van der Waals surface area (Å²) in [7, 11) is 2.16. The lowest BCUT2D eigenvalue weighted by Gasteiger charge is -2.34. The maximum atomic E-state index is 4.65. The van der Waals surface area contributed by atoms with Crippen molar-refractivity contribution in [2.45, 2.75) is 0 Å². The lowest BCUT2D eigenvalue weighted by atomic mass is 10.2.